The van der Waals surface area contributed by atoms with Gasteiger partial charge in [-0.2, -0.15) is 4.98 Å². The maximum Gasteiger partial charge on any atom is 0.264 e. The van der Waals surface area contributed by atoms with Crippen LogP contribution in [0.4, 0.5) is 0 Å². The van der Waals surface area contributed by atoms with Gasteiger partial charge in [-0.1, -0.05) is 0 Å². The van der Waals surface area contributed by atoms with Crippen LogP contribution in [-0.4, -0.2) is 63.9 Å². The molecule has 2 aromatic heterocycles. The summed E-state index contributed by atoms with van der Waals surface area (Å²) < 4.78 is 11.4. The van der Waals surface area contributed by atoms with Crippen molar-refractivity contribution in [3.05, 3.63) is 41.2 Å². The highest BCUT2D eigenvalue weighted by molar-refractivity contribution is 5.96. The zero-order valence-electron chi connectivity index (χ0n) is 15.8. The Bertz CT molecular complexity index is 909. The Balaban J connectivity index is 1.54. The fourth-order valence-electron chi connectivity index (χ4n) is 4.01. The molecule has 2 saturated heterocycles. The molecule has 0 N–H and O–H groups in total. The van der Waals surface area contributed by atoms with Crippen molar-refractivity contribution in [1.29, 1.82) is 0 Å². The molecule has 8 nitrogen and oxygen atoms in total. The number of ether oxygens (including phenoxy) is 1. The van der Waals surface area contributed by atoms with E-state index >= 15 is 0 Å². The third-order valence-electron chi connectivity index (χ3n) is 5.37. The average molecular weight is 370 g/mol. The summed E-state index contributed by atoms with van der Waals surface area (Å²) in [5, 5.41) is 0. The second kappa shape index (κ2) is 6.37. The molecule has 0 aliphatic carbocycles. The second-order valence-electron chi connectivity index (χ2n) is 7.20. The van der Waals surface area contributed by atoms with Crippen LogP contribution in [0.3, 0.4) is 0 Å². The van der Waals surface area contributed by atoms with Crippen molar-refractivity contribution in [3.8, 4) is 5.88 Å². The van der Waals surface area contributed by atoms with E-state index < -0.39 is 6.10 Å². The first-order chi connectivity index (χ1) is 12.8. The minimum Gasteiger partial charge on any atom is -0.466 e. The number of rotatable bonds is 3. The van der Waals surface area contributed by atoms with Gasteiger partial charge in [0.05, 0.1) is 11.6 Å². The van der Waals surface area contributed by atoms with E-state index in [0.29, 0.717) is 41.9 Å². The molecule has 0 spiro atoms. The Morgan fingerprint density at radius 2 is 2.07 bits per heavy atom. The van der Waals surface area contributed by atoms with E-state index in [1.165, 1.54) is 0 Å². The number of aryl methyl sites for hydroxylation is 3. The van der Waals surface area contributed by atoms with Gasteiger partial charge in [0.2, 0.25) is 5.88 Å². The van der Waals surface area contributed by atoms with Gasteiger partial charge in [0.25, 0.3) is 11.8 Å². The van der Waals surface area contributed by atoms with Crippen molar-refractivity contribution >= 4 is 11.8 Å². The first-order valence-corrected chi connectivity index (χ1v) is 8.94. The lowest BCUT2D eigenvalue weighted by molar-refractivity contribution is -0.134. The van der Waals surface area contributed by atoms with E-state index in [0.717, 1.165) is 0 Å². The van der Waals surface area contributed by atoms with Crippen LogP contribution < -0.4 is 4.74 Å². The summed E-state index contributed by atoms with van der Waals surface area (Å²) in [6.07, 6.45) is 0.951. The molecule has 2 aromatic rings. The normalized spacial score (nSPS) is 24.4. The van der Waals surface area contributed by atoms with Gasteiger partial charge in [0.1, 0.15) is 17.3 Å². The molecular formula is C19H22N4O4. The highest BCUT2D eigenvalue weighted by atomic mass is 16.5. The molecule has 3 atom stereocenters. The standard InChI is InChI=1S/C19H22N4O4/c1-10-7-13(11(2)26-10)18(24)23-8-14-15(9-23)22(4)19(25)17(14)27-16-5-6-20-12(3)21-16/h5-7,14-15,17H,8-9H2,1-4H3/t14-,15+,17-/m0/s1. The van der Waals surface area contributed by atoms with Crippen molar-refractivity contribution in [2.45, 2.75) is 32.9 Å². The second-order valence-corrected chi connectivity index (χ2v) is 7.20. The molecule has 0 unspecified atom stereocenters. The first kappa shape index (κ1) is 17.5. The number of likely N-dealkylation sites (tertiary alicyclic amines) is 2. The third-order valence-corrected chi connectivity index (χ3v) is 5.37. The van der Waals surface area contributed by atoms with Crippen molar-refractivity contribution in [1.82, 2.24) is 19.8 Å². The van der Waals surface area contributed by atoms with Crippen LogP contribution in [0.5, 0.6) is 5.88 Å². The Labute approximate surface area is 157 Å². The fraction of sp³-hybridized carbons (Fsp3) is 0.474. The molecule has 0 saturated carbocycles. The molecule has 2 fully saturated rings. The summed E-state index contributed by atoms with van der Waals surface area (Å²) in [6.45, 7) is 6.32. The number of likely N-dealkylation sites (N-methyl/N-ethyl adjacent to an activating group) is 1. The molecule has 0 bridgehead atoms. The van der Waals surface area contributed by atoms with Crippen LogP contribution in [0.1, 0.15) is 27.7 Å². The summed E-state index contributed by atoms with van der Waals surface area (Å²) in [5.41, 5.74) is 0.574. The van der Waals surface area contributed by atoms with Crippen LogP contribution in [0.15, 0.2) is 22.7 Å². The molecule has 4 rings (SSSR count). The van der Waals surface area contributed by atoms with E-state index in [-0.39, 0.29) is 23.8 Å². The molecule has 2 aliphatic rings. The summed E-state index contributed by atoms with van der Waals surface area (Å²) >= 11 is 0. The molecule has 8 heteroatoms. The molecule has 4 heterocycles. The van der Waals surface area contributed by atoms with Crippen LogP contribution in [-0.2, 0) is 4.79 Å². The van der Waals surface area contributed by atoms with Gasteiger partial charge in [-0.25, -0.2) is 4.98 Å². The highest BCUT2D eigenvalue weighted by Crippen LogP contribution is 2.35. The highest BCUT2D eigenvalue weighted by Gasteiger charge is 2.53. The number of aromatic nitrogens is 2. The monoisotopic (exact) mass is 370 g/mol. The lowest BCUT2D eigenvalue weighted by atomic mass is 10.0. The van der Waals surface area contributed by atoms with Crippen LogP contribution in [0.25, 0.3) is 0 Å². The van der Waals surface area contributed by atoms with Crippen LogP contribution >= 0.6 is 0 Å². The Hall–Kier alpha value is -2.90. The van der Waals surface area contributed by atoms with Gasteiger partial charge in [0, 0.05) is 38.3 Å². The summed E-state index contributed by atoms with van der Waals surface area (Å²) in [7, 11) is 1.76. The minimum atomic E-state index is -0.653. The topological polar surface area (TPSA) is 88.8 Å². The number of carbonyl (C=O) groups excluding carboxylic acids is 2. The maximum atomic E-state index is 12.9. The number of hydrogen-bond donors (Lipinski definition) is 0. The summed E-state index contributed by atoms with van der Waals surface area (Å²) in [6, 6.07) is 3.34. The summed E-state index contributed by atoms with van der Waals surface area (Å²) in [4.78, 5) is 37.3. The molecule has 0 radical (unpaired) electrons. The van der Waals surface area contributed by atoms with Gasteiger partial charge in [-0.3, -0.25) is 9.59 Å². The van der Waals surface area contributed by atoms with Gasteiger partial charge in [-0.15, -0.1) is 0 Å². The number of furan rings is 1. The molecule has 2 aliphatic heterocycles. The van der Waals surface area contributed by atoms with Crippen LogP contribution in [0.2, 0.25) is 0 Å². The van der Waals surface area contributed by atoms with Gasteiger partial charge < -0.3 is 19.0 Å². The zero-order valence-corrected chi connectivity index (χ0v) is 15.8. The number of hydrogen-bond acceptors (Lipinski definition) is 6. The molecule has 0 aromatic carbocycles. The van der Waals surface area contributed by atoms with Crippen LogP contribution in [0, 0.1) is 26.7 Å². The van der Waals surface area contributed by atoms with Crippen molar-refractivity contribution in [2.75, 3.05) is 20.1 Å². The lowest BCUT2D eigenvalue weighted by Gasteiger charge is -2.22. The Morgan fingerprint density at radius 1 is 1.30 bits per heavy atom. The van der Waals surface area contributed by atoms with Crippen molar-refractivity contribution in [2.24, 2.45) is 5.92 Å². The van der Waals surface area contributed by atoms with E-state index in [2.05, 4.69) is 9.97 Å². The average Bonchev–Trinajstić information content (AvgIpc) is 3.26. The third kappa shape index (κ3) is 2.94. The Morgan fingerprint density at radius 3 is 2.74 bits per heavy atom. The molecule has 142 valence electrons. The lowest BCUT2D eigenvalue weighted by Crippen LogP contribution is -2.40. The Kier molecular flexibility index (Phi) is 4.13. The van der Waals surface area contributed by atoms with Crippen molar-refractivity contribution in [3.63, 3.8) is 0 Å². The molecule has 27 heavy (non-hydrogen) atoms. The number of carbonyl (C=O) groups is 2. The smallest absolute Gasteiger partial charge is 0.264 e. The van der Waals surface area contributed by atoms with E-state index in [1.807, 2.05) is 6.92 Å². The largest absolute Gasteiger partial charge is 0.466 e. The quantitative estimate of drug-likeness (QED) is 0.810. The number of nitrogens with zero attached hydrogens (tertiary/aromatic N) is 4. The fourth-order valence-corrected chi connectivity index (χ4v) is 4.01. The zero-order chi connectivity index (χ0) is 19.3. The number of amides is 2. The predicted molar refractivity (Wildman–Crippen MR) is 95.3 cm³/mol. The van der Waals surface area contributed by atoms with E-state index in [9.17, 15) is 9.59 Å². The van der Waals surface area contributed by atoms with E-state index in [4.69, 9.17) is 9.15 Å². The predicted octanol–water partition coefficient (Wildman–Crippen LogP) is 1.36. The van der Waals surface area contributed by atoms with Gasteiger partial charge in [0.15, 0.2) is 6.10 Å². The van der Waals surface area contributed by atoms with E-state index in [1.54, 1.807) is 49.0 Å². The SMILES string of the molecule is Cc1nccc(O[C@@H]2C(=O)N(C)[C@@H]3CN(C(=O)c4cc(C)oc4C)C[C@H]23)n1. The summed E-state index contributed by atoms with van der Waals surface area (Å²) in [5.74, 6) is 2.03. The first-order valence-electron chi connectivity index (χ1n) is 8.94. The van der Waals surface area contributed by atoms with Gasteiger partial charge >= 0.3 is 0 Å². The van der Waals surface area contributed by atoms with Gasteiger partial charge in [-0.05, 0) is 26.8 Å². The molecule has 2 amide bonds. The minimum absolute atomic E-state index is 0.0670. The van der Waals surface area contributed by atoms with Crippen molar-refractivity contribution < 1.29 is 18.7 Å². The maximum absolute atomic E-state index is 12.9. The number of fused-ring (bicyclic) bond motifs is 1. The molecular weight excluding hydrogens is 348 g/mol.